The van der Waals surface area contributed by atoms with Crippen molar-refractivity contribution in [1.29, 1.82) is 0 Å². The summed E-state index contributed by atoms with van der Waals surface area (Å²) < 4.78 is 22.7. The van der Waals surface area contributed by atoms with E-state index >= 15 is 0 Å². The van der Waals surface area contributed by atoms with E-state index in [9.17, 15) is 0 Å². The first-order valence-electron chi connectivity index (χ1n) is 8.71. The highest BCUT2D eigenvalue weighted by atomic mass is 32.2. The lowest BCUT2D eigenvalue weighted by Crippen LogP contribution is -2.21. The molecule has 5 rings (SSSR count). The van der Waals surface area contributed by atoms with Gasteiger partial charge in [-0.2, -0.15) is 0 Å². The van der Waals surface area contributed by atoms with Crippen molar-refractivity contribution in [3.05, 3.63) is 72.2 Å². The molecule has 0 saturated heterocycles. The maximum Gasteiger partial charge on any atom is 0.277 e. The fourth-order valence-electron chi connectivity index (χ4n) is 2.80. The van der Waals surface area contributed by atoms with Crippen LogP contribution in [0.4, 0.5) is 0 Å². The number of fused-ring (bicyclic) bond motifs is 1. The number of para-hydroxylation sites is 2. The first-order valence-corrected chi connectivity index (χ1v) is 9.69. The van der Waals surface area contributed by atoms with Crippen molar-refractivity contribution >= 4 is 11.8 Å². The molecule has 4 aromatic rings. The topological polar surface area (TPSA) is 83.4 Å². The zero-order valence-electron chi connectivity index (χ0n) is 14.6. The van der Waals surface area contributed by atoms with Crippen LogP contribution in [0.5, 0.6) is 11.5 Å². The molecule has 2 aromatic carbocycles. The third kappa shape index (κ3) is 3.46. The van der Waals surface area contributed by atoms with Crippen LogP contribution in [-0.2, 0) is 5.75 Å². The normalized spacial score (nSPS) is 15.5. The Morgan fingerprint density at radius 2 is 1.79 bits per heavy atom. The Labute approximate surface area is 164 Å². The lowest BCUT2D eigenvalue weighted by atomic mass is 10.2. The molecule has 8 heteroatoms. The Morgan fingerprint density at radius 1 is 0.964 bits per heavy atom. The van der Waals surface area contributed by atoms with Gasteiger partial charge >= 0.3 is 0 Å². The van der Waals surface area contributed by atoms with Crippen molar-refractivity contribution in [1.82, 2.24) is 15.4 Å². The second-order valence-corrected chi connectivity index (χ2v) is 7.03. The van der Waals surface area contributed by atoms with E-state index in [1.54, 1.807) is 0 Å². The first-order chi connectivity index (χ1) is 13.8. The van der Waals surface area contributed by atoms with Crippen molar-refractivity contribution in [3.63, 3.8) is 0 Å². The minimum Gasteiger partial charge on any atom is -0.485 e. The minimum absolute atomic E-state index is 0.326. The molecular formula is C20H15N3O4S. The van der Waals surface area contributed by atoms with E-state index < -0.39 is 6.10 Å². The number of hydrogen-bond acceptors (Lipinski definition) is 8. The summed E-state index contributed by atoms with van der Waals surface area (Å²) in [5.41, 5.74) is 1.79. The molecule has 1 aliphatic rings. The summed E-state index contributed by atoms with van der Waals surface area (Å²) in [6.07, 6.45) is -0.423. The molecule has 0 bridgehead atoms. The summed E-state index contributed by atoms with van der Waals surface area (Å²) in [4.78, 5) is 0. The van der Waals surface area contributed by atoms with E-state index in [-0.39, 0.29) is 0 Å². The molecule has 140 valence electrons. The molecule has 0 amide bonds. The van der Waals surface area contributed by atoms with Crippen LogP contribution in [0.3, 0.4) is 0 Å². The second-order valence-electron chi connectivity index (χ2n) is 6.11. The summed E-state index contributed by atoms with van der Waals surface area (Å²) in [6.45, 7) is 0.326. The lowest BCUT2D eigenvalue weighted by molar-refractivity contribution is 0.0686. The van der Waals surface area contributed by atoms with Crippen molar-refractivity contribution in [2.75, 3.05) is 6.61 Å². The Kier molecular flexibility index (Phi) is 4.46. The van der Waals surface area contributed by atoms with E-state index in [0.717, 1.165) is 17.0 Å². The van der Waals surface area contributed by atoms with Crippen molar-refractivity contribution in [2.24, 2.45) is 0 Å². The summed E-state index contributed by atoms with van der Waals surface area (Å²) in [6, 6.07) is 19.3. The molecule has 1 aliphatic heterocycles. The molecule has 3 heterocycles. The van der Waals surface area contributed by atoms with Crippen LogP contribution >= 0.6 is 11.8 Å². The van der Waals surface area contributed by atoms with Gasteiger partial charge in [-0.15, -0.1) is 10.2 Å². The fourth-order valence-corrected chi connectivity index (χ4v) is 3.45. The molecule has 0 aliphatic carbocycles. The standard InChI is InChI=1S/C20H15N3O4S/c1-2-6-13(7-3-1)17-10-14(23-27-17)12-28-20-22-21-19(26-20)18-11-24-15-8-4-5-9-16(15)25-18/h1-10,18H,11-12H2/t18-/m0/s1. The first kappa shape index (κ1) is 16.9. The number of benzene rings is 2. The van der Waals surface area contributed by atoms with Gasteiger partial charge in [0.05, 0.1) is 5.69 Å². The summed E-state index contributed by atoms with van der Waals surface area (Å²) in [7, 11) is 0. The number of aromatic nitrogens is 3. The van der Waals surface area contributed by atoms with Gasteiger partial charge in [-0.25, -0.2) is 0 Å². The van der Waals surface area contributed by atoms with Gasteiger partial charge in [0.2, 0.25) is 6.10 Å². The van der Waals surface area contributed by atoms with Gasteiger partial charge in [-0.3, -0.25) is 0 Å². The molecule has 2 aromatic heterocycles. The van der Waals surface area contributed by atoms with Gasteiger partial charge in [-0.1, -0.05) is 59.4 Å². The van der Waals surface area contributed by atoms with E-state index in [4.69, 9.17) is 18.4 Å². The SMILES string of the molecule is c1ccc(-c2cc(CSc3nnc([C@@H]4COc5ccccc5O4)o3)no2)cc1. The third-order valence-electron chi connectivity index (χ3n) is 4.17. The molecule has 0 N–H and O–H groups in total. The van der Waals surface area contributed by atoms with Crippen LogP contribution in [0.15, 0.2) is 74.8 Å². The van der Waals surface area contributed by atoms with Crippen molar-refractivity contribution in [3.8, 4) is 22.8 Å². The molecule has 7 nitrogen and oxygen atoms in total. The van der Waals surface area contributed by atoms with Gasteiger partial charge in [0.1, 0.15) is 6.61 Å². The smallest absolute Gasteiger partial charge is 0.277 e. The third-order valence-corrected chi connectivity index (χ3v) is 5.02. The van der Waals surface area contributed by atoms with Gasteiger partial charge in [0.25, 0.3) is 11.1 Å². The highest BCUT2D eigenvalue weighted by Gasteiger charge is 2.27. The fraction of sp³-hybridized carbons (Fsp3) is 0.150. The molecule has 0 unspecified atom stereocenters. The molecule has 0 saturated carbocycles. The van der Waals surface area contributed by atoms with Gasteiger partial charge in [0.15, 0.2) is 17.3 Å². The monoisotopic (exact) mass is 393 g/mol. The zero-order chi connectivity index (χ0) is 18.8. The van der Waals surface area contributed by atoms with Crippen LogP contribution in [0, 0.1) is 0 Å². The van der Waals surface area contributed by atoms with Crippen molar-refractivity contribution in [2.45, 2.75) is 17.1 Å². The maximum atomic E-state index is 5.89. The van der Waals surface area contributed by atoms with Crippen LogP contribution < -0.4 is 9.47 Å². The summed E-state index contributed by atoms with van der Waals surface area (Å²) >= 11 is 1.39. The minimum atomic E-state index is -0.423. The highest BCUT2D eigenvalue weighted by molar-refractivity contribution is 7.98. The Morgan fingerprint density at radius 3 is 2.68 bits per heavy atom. The van der Waals surface area contributed by atoms with Gasteiger partial charge in [-0.05, 0) is 12.1 Å². The summed E-state index contributed by atoms with van der Waals surface area (Å²) in [5, 5.41) is 12.7. The number of ether oxygens (including phenoxy) is 2. The number of hydrogen-bond donors (Lipinski definition) is 0. The highest BCUT2D eigenvalue weighted by Crippen LogP contribution is 2.36. The largest absolute Gasteiger partial charge is 0.485 e. The molecule has 28 heavy (non-hydrogen) atoms. The Balaban J connectivity index is 1.23. The molecule has 1 atom stereocenters. The number of rotatable bonds is 5. The van der Waals surface area contributed by atoms with Crippen LogP contribution in [0.2, 0.25) is 0 Å². The van der Waals surface area contributed by atoms with Gasteiger partial charge < -0.3 is 18.4 Å². The lowest BCUT2D eigenvalue weighted by Gasteiger charge is -2.23. The molecule has 0 spiro atoms. The molecular weight excluding hydrogens is 378 g/mol. The van der Waals surface area contributed by atoms with E-state index in [1.807, 2.05) is 60.7 Å². The quantitative estimate of drug-likeness (QED) is 0.457. The zero-order valence-corrected chi connectivity index (χ0v) is 15.5. The summed E-state index contributed by atoms with van der Waals surface area (Å²) in [5.74, 6) is 3.06. The average molecular weight is 393 g/mol. The van der Waals surface area contributed by atoms with Gasteiger partial charge in [0, 0.05) is 17.4 Å². The Hall–Kier alpha value is -3.26. The maximum absolute atomic E-state index is 5.89. The number of thioether (sulfide) groups is 1. The van der Waals surface area contributed by atoms with Crippen molar-refractivity contribution < 1.29 is 18.4 Å². The predicted octanol–water partition coefficient (Wildman–Crippen LogP) is 4.53. The second kappa shape index (κ2) is 7.40. The average Bonchev–Trinajstić information content (AvgIpc) is 3.42. The van der Waals surface area contributed by atoms with E-state index in [1.165, 1.54) is 11.8 Å². The molecule has 0 fully saturated rings. The molecule has 0 radical (unpaired) electrons. The van der Waals surface area contributed by atoms with Crippen LogP contribution in [0.1, 0.15) is 17.7 Å². The Bertz CT molecular complexity index is 1080. The van der Waals surface area contributed by atoms with Crippen LogP contribution in [-0.4, -0.2) is 22.0 Å². The van der Waals surface area contributed by atoms with E-state index in [2.05, 4.69) is 15.4 Å². The van der Waals surface area contributed by atoms with Crippen LogP contribution in [0.25, 0.3) is 11.3 Å². The van der Waals surface area contributed by atoms with E-state index in [0.29, 0.717) is 35.0 Å². The predicted molar refractivity (Wildman–Crippen MR) is 101 cm³/mol. The number of nitrogens with zero attached hydrogens (tertiary/aromatic N) is 3.